The van der Waals surface area contributed by atoms with Gasteiger partial charge in [0.1, 0.15) is 0 Å². The van der Waals surface area contributed by atoms with Crippen LogP contribution in [0, 0.1) is 5.92 Å². The molecule has 1 aliphatic rings. The topological polar surface area (TPSA) is 29.5 Å². The average molecular weight is 186 g/mol. The standard InChI is InChI=1S/C11H22O2/c1-3-7-13-11-6-5-9(4-2)8-10(11)12/h9-12H,3-8H2,1-2H3. The molecule has 0 aliphatic heterocycles. The van der Waals surface area contributed by atoms with Crippen LogP contribution in [-0.2, 0) is 4.74 Å². The first-order valence-corrected chi connectivity index (χ1v) is 5.57. The molecule has 2 nitrogen and oxygen atoms in total. The highest BCUT2D eigenvalue weighted by atomic mass is 16.5. The Morgan fingerprint density at radius 3 is 2.62 bits per heavy atom. The van der Waals surface area contributed by atoms with Crippen LogP contribution in [0.2, 0.25) is 0 Å². The molecule has 2 heteroatoms. The van der Waals surface area contributed by atoms with E-state index in [1.807, 2.05) is 0 Å². The van der Waals surface area contributed by atoms with Gasteiger partial charge in [0.25, 0.3) is 0 Å². The number of rotatable bonds is 4. The molecular formula is C11H22O2. The summed E-state index contributed by atoms with van der Waals surface area (Å²) in [6.07, 6.45) is 5.33. The Bertz CT molecular complexity index is 136. The van der Waals surface area contributed by atoms with Crippen molar-refractivity contribution in [3.63, 3.8) is 0 Å². The summed E-state index contributed by atoms with van der Waals surface area (Å²) in [5.74, 6) is 0.719. The van der Waals surface area contributed by atoms with Crippen molar-refractivity contribution in [1.29, 1.82) is 0 Å². The molecule has 1 saturated carbocycles. The molecule has 3 atom stereocenters. The van der Waals surface area contributed by atoms with Crippen LogP contribution in [0.4, 0.5) is 0 Å². The minimum atomic E-state index is -0.217. The maximum Gasteiger partial charge on any atom is 0.0834 e. The molecule has 1 N–H and O–H groups in total. The van der Waals surface area contributed by atoms with Gasteiger partial charge in [0.2, 0.25) is 0 Å². The van der Waals surface area contributed by atoms with Crippen molar-refractivity contribution in [3.05, 3.63) is 0 Å². The fourth-order valence-electron chi connectivity index (χ4n) is 2.04. The molecule has 78 valence electrons. The third-order valence-electron chi connectivity index (χ3n) is 2.98. The molecule has 13 heavy (non-hydrogen) atoms. The number of hydrogen-bond donors (Lipinski definition) is 1. The molecule has 1 rings (SSSR count). The number of hydrogen-bond acceptors (Lipinski definition) is 2. The first-order valence-electron chi connectivity index (χ1n) is 5.57. The highest BCUT2D eigenvalue weighted by molar-refractivity contribution is 4.79. The van der Waals surface area contributed by atoms with Crippen LogP contribution in [0.15, 0.2) is 0 Å². The van der Waals surface area contributed by atoms with E-state index in [0.717, 1.165) is 31.8 Å². The Morgan fingerprint density at radius 2 is 2.08 bits per heavy atom. The summed E-state index contributed by atoms with van der Waals surface area (Å²) >= 11 is 0. The smallest absolute Gasteiger partial charge is 0.0834 e. The number of aliphatic hydroxyl groups excluding tert-OH is 1. The van der Waals surface area contributed by atoms with Gasteiger partial charge < -0.3 is 9.84 Å². The van der Waals surface area contributed by atoms with Gasteiger partial charge in [-0.05, 0) is 31.6 Å². The lowest BCUT2D eigenvalue weighted by molar-refractivity contribution is -0.0702. The largest absolute Gasteiger partial charge is 0.390 e. The van der Waals surface area contributed by atoms with Gasteiger partial charge in [0.05, 0.1) is 12.2 Å². The normalized spacial score (nSPS) is 34.8. The molecule has 0 amide bonds. The third kappa shape index (κ3) is 3.28. The van der Waals surface area contributed by atoms with Crippen molar-refractivity contribution >= 4 is 0 Å². The summed E-state index contributed by atoms with van der Waals surface area (Å²) in [5, 5.41) is 9.77. The Kier molecular flexibility index (Phi) is 4.74. The maximum absolute atomic E-state index is 9.77. The van der Waals surface area contributed by atoms with E-state index in [-0.39, 0.29) is 12.2 Å². The van der Waals surface area contributed by atoms with Gasteiger partial charge >= 0.3 is 0 Å². The molecule has 0 aromatic heterocycles. The van der Waals surface area contributed by atoms with E-state index < -0.39 is 0 Å². The molecule has 1 fully saturated rings. The molecule has 0 spiro atoms. The second kappa shape index (κ2) is 5.61. The monoisotopic (exact) mass is 186 g/mol. The highest BCUT2D eigenvalue weighted by Gasteiger charge is 2.28. The predicted molar refractivity (Wildman–Crippen MR) is 53.7 cm³/mol. The number of ether oxygens (including phenoxy) is 1. The second-order valence-corrected chi connectivity index (χ2v) is 4.06. The van der Waals surface area contributed by atoms with E-state index in [4.69, 9.17) is 4.74 Å². The van der Waals surface area contributed by atoms with Crippen LogP contribution in [0.25, 0.3) is 0 Å². The van der Waals surface area contributed by atoms with E-state index >= 15 is 0 Å². The summed E-state index contributed by atoms with van der Waals surface area (Å²) in [5.41, 5.74) is 0. The molecule has 0 saturated heterocycles. The van der Waals surface area contributed by atoms with Crippen molar-refractivity contribution in [2.45, 2.75) is 58.2 Å². The summed E-state index contributed by atoms with van der Waals surface area (Å²) in [6.45, 7) is 5.09. The zero-order chi connectivity index (χ0) is 9.68. The van der Waals surface area contributed by atoms with Gasteiger partial charge in [0, 0.05) is 6.61 Å². The Labute approximate surface area is 81.3 Å². The minimum absolute atomic E-state index is 0.114. The summed E-state index contributed by atoms with van der Waals surface area (Å²) in [4.78, 5) is 0. The molecule has 0 aromatic rings. The van der Waals surface area contributed by atoms with Crippen LogP contribution in [-0.4, -0.2) is 23.9 Å². The summed E-state index contributed by atoms with van der Waals surface area (Å²) in [6, 6.07) is 0. The third-order valence-corrected chi connectivity index (χ3v) is 2.98. The molecule has 0 aromatic carbocycles. The maximum atomic E-state index is 9.77. The van der Waals surface area contributed by atoms with Gasteiger partial charge in [-0.15, -0.1) is 0 Å². The first kappa shape index (κ1) is 11.0. The fourth-order valence-corrected chi connectivity index (χ4v) is 2.04. The minimum Gasteiger partial charge on any atom is -0.390 e. The summed E-state index contributed by atoms with van der Waals surface area (Å²) < 4.78 is 5.59. The highest BCUT2D eigenvalue weighted by Crippen LogP contribution is 2.28. The lowest BCUT2D eigenvalue weighted by Crippen LogP contribution is -2.35. The Balaban J connectivity index is 2.26. The second-order valence-electron chi connectivity index (χ2n) is 4.06. The van der Waals surface area contributed by atoms with Crippen molar-refractivity contribution in [1.82, 2.24) is 0 Å². The van der Waals surface area contributed by atoms with E-state index in [1.165, 1.54) is 12.8 Å². The lowest BCUT2D eigenvalue weighted by atomic mass is 9.84. The molecular weight excluding hydrogens is 164 g/mol. The van der Waals surface area contributed by atoms with Gasteiger partial charge in [-0.25, -0.2) is 0 Å². The van der Waals surface area contributed by atoms with Crippen LogP contribution in [0.3, 0.4) is 0 Å². The van der Waals surface area contributed by atoms with Gasteiger partial charge in [-0.2, -0.15) is 0 Å². The SMILES string of the molecule is CCCOC1CCC(CC)CC1O. The first-order chi connectivity index (χ1) is 6.27. The Hall–Kier alpha value is -0.0800. The van der Waals surface area contributed by atoms with Crippen LogP contribution in [0.1, 0.15) is 46.0 Å². The quantitative estimate of drug-likeness (QED) is 0.730. The Morgan fingerprint density at radius 1 is 1.31 bits per heavy atom. The van der Waals surface area contributed by atoms with E-state index in [0.29, 0.717) is 0 Å². The lowest BCUT2D eigenvalue weighted by Gasteiger charge is -2.32. The molecule has 3 unspecified atom stereocenters. The van der Waals surface area contributed by atoms with E-state index in [2.05, 4.69) is 13.8 Å². The predicted octanol–water partition coefficient (Wildman–Crippen LogP) is 2.35. The average Bonchev–Trinajstić information content (AvgIpc) is 2.16. The van der Waals surface area contributed by atoms with Crippen molar-refractivity contribution < 1.29 is 9.84 Å². The molecule has 1 aliphatic carbocycles. The van der Waals surface area contributed by atoms with Crippen LogP contribution < -0.4 is 0 Å². The van der Waals surface area contributed by atoms with Gasteiger partial charge in [-0.3, -0.25) is 0 Å². The molecule has 0 heterocycles. The molecule has 0 radical (unpaired) electrons. The van der Waals surface area contributed by atoms with Crippen molar-refractivity contribution in [3.8, 4) is 0 Å². The zero-order valence-corrected chi connectivity index (χ0v) is 8.83. The van der Waals surface area contributed by atoms with Crippen LogP contribution in [0.5, 0.6) is 0 Å². The zero-order valence-electron chi connectivity index (χ0n) is 8.83. The number of aliphatic hydroxyl groups is 1. The molecule has 0 bridgehead atoms. The van der Waals surface area contributed by atoms with E-state index in [9.17, 15) is 5.11 Å². The summed E-state index contributed by atoms with van der Waals surface area (Å²) in [7, 11) is 0. The van der Waals surface area contributed by atoms with Crippen molar-refractivity contribution in [2.75, 3.05) is 6.61 Å². The van der Waals surface area contributed by atoms with E-state index in [1.54, 1.807) is 0 Å². The van der Waals surface area contributed by atoms with Gasteiger partial charge in [0.15, 0.2) is 0 Å². The fraction of sp³-hybridized carbons (Fsp3) is 1.00. The van der Waals surface area contributed by atoms with Gasteiger partial charge in [-0.1, -0.05) is 20.3 Å². The van der Waals surface area contributed by atoms with Crippen LogP contribution >= 0.6 is 0 Å². The van der Waals surface area contributed by atoms with Crippen molar-refractivity contribution in [2.24, 2.45) is 5.92 Å².